The van der Waals surface area contributed by atoms with Crippen LogP contribution in [0, 0.1) is 0 Å². The van der Waals surface area contributed by atoms with Crippen LogP contribution in [0.2, 0.25) is 0 Å². The van der Waals surface area contributed by atoms with E-state index in [-0.39, 0.29) is 5.91 Å². The minimum Gasteiger partial charge on any atom is -0.496 e. The van der Waals surface area contributed by atoms with Gasteiger partial charge in [0.2, 0.25) is 5.91 Å². The molecule has 1 atom stereocenters. The number of hydrogen-bond acceptors (Lipinski definition) is 4. The number of anilines is 1. The number of benzene rings is 2. The van der Waals surface area contributed by atoms with Gasteiger partial charge in [-0.25, -0.2) is 0 Å². The van der Waals surface area contributed by atoms with Crippen LogP contribution in [0.5, 0.6) is 5.75 Å². The summed E-state index contributed by atoms with van der Waals surface area (Å²) in [5, 5.41) is 14.1. The third kappa shape index (κ3) is 3.83. The van der Waals surface area contributed by atoms with Gasteiger partial charge in [-0.05, 0) is 50.1 Å². The lowest BCUT2D eigenvalue weighted by Crippen LogP contribution is -2.38. The van der Waals surface area contributed by atoms with Crippen molar-refractivity contribution < 1.29 is 24.2 Å². The normalized spacial score (nSPS) is 15.2. The first kappa shape index (κ1) is 19.4. The van der Waals surface area contributed by atoms with E-state index in [0.717, 1.165) is 18.4 Å². The van der Waals surface area contributed by atoms with Gasteiger partial charge < -0.3 is 20.5 Å². The maximum Gasteiger partial charge on any atom is 0.325 e. The highest BCUT2D eigenvalue weighted by Crippen LogP contribution is 2.51. The first-order chi connectivity index (χ1) is 13.4. The van der Waals surface area contributed by atoms with Crippen molar-refractivity contribution in [2.24, 2.45) is 0 Å². The van der Waals surface area contributed by atoms with E-state index in [0.29, 0.717) is 17.0 Å². The predicted molar refractivity (Wildman–Crippen MR) is 104 cm³/mol. The van der Waals surface area contributed by atoms with E-state index in [9.17, 15) is 14.4 Å². The molecule has 0 heterocycles. The second-order valence-electron chi connectivity index (χ2n) is 6.85. The first-order valence-corrected chi connectivity index (χ1v) is 8.96. The third-order valence-corrected chi connectivity index (χ3v) is 4.93. The molecule has 28 heavy (non-hydrogen) atoms. The maximum atomic E-state index is 12.9. The summed E-state index contributed by atoms with van der Waals surface area (Å²) in [5.74, 6) is -1.02. The van der Waals surface area contributed by atoms with Gasteiger partial charge in [0.25, 0.3) is 5.91 Å². The summed E-state index contributed by atoms with van der Waals surface area (Å²) in [6.07, 6.45) is 1.49. The summed E-state index contributed by atoms with van der Waals surface area (Å²) < 4.78 is 5.40. The Hall–Kier alpha value is -3.35. The van der Waals surface area contributed by atoms with Gasteiger partial charge in [-0.3, -0.25) is 14.4 Å². The Morgan fingerprint density at radius 2 is 1.71 bits per heavy atom. The highest BCUT2D eigenvalue weighted by atomic mass is 16.5. The van der Waals surface area contributed by atoms with E-state index < -0.39 is 23.3 Å². The molecule has 7 nitrogen and oxygen atoms in total. The number of rotatable bonds is 7. The summed E-state index contributed by atoms with van der Waals surface area (Å²) in [6, 6.07) is 12.8. The molecule has 3 rings (SSSR count). The van der Waals surface area contributed by atoms with E-state index >= 15 is 0 Å². The van der Waals surface area contributed by atoms with Crippen LogP contribution in [0.3, 0.4) is 0 Å². The summed E-state index contributed by atoms with van der Waals surface area (Å²) in [6.45, 7) is 1.39. The first-order valence-electron chi connectivity index (χ1n) is 8.96. The van der Waals surface area contributed by atoms with Gasteiger partial charge in [0, 0.05) is 16.8 Å². The van der Waals surface area contributed by atoms with Crippen LogP contribution in [-0.4, -0.2) is 36.0 Å². The summed E-state index contributed by atoms with van der Waals surface area (Å²) >= 11 is 0. The van der Waals surface area contributed by atoms with Gasteiger partial charge in [0.15, 0.2) is 0 Å². The van der Waals surface area contributed by atoms with E-state index in [1.54, 1.807) is 31.4 Å². The van der Waals surface area contributed by atoms with Gasteiger partial charge in [-0.15, -0.1) is 0 Å². The molecule has 1 fully saturated rings. The van der Waals surface area contributed by atoms with Crippen molar-refractivity contribution in [3.63, 3.8) is 0 Å². The quantitative estimate of drug-likeness (QED) is 0.683. The Balaban J connectivity index is 1.70. The number of carboxylic acid groups (broad SMARTS) is 1. The lowest BCUT2D eigenvalue weighted by molar-refractivity contribution is -0.138. The molecule has 1 aliphatic carbocycles. The van der Waals surface area contributed by atoms with Crippen LogP contribution in [0.15, 0.2) is 48.5 Å². The molecular weight excluding hydrogens is 360 g/mol. The molecule has 0 bridgehead atoms. The smallest absolute Gasteiger partial charge is 0.325 e. The van der Waals surface area contributed by atoms with Crippen LogP contribution in [-0.2, 0) is 15.0 Å². The van der Waals surface area contributed by atoms with Crippen molar-refractivity contribution in [1.82, 2.24) is 5.32 Å². The van der Waals surface area contributed by atoms with Crippen molar-refractivity contribution >= 4 is 23.5 Å². The molecule has 0 saturated heterocycles. The molecule has 0 radical (unpaired) electrons. The Bertz CT molecular complexity index is 903. The number of carbonyl (C=O) groups is 3. The van der Waals surface area contributed by atoms with Crippen molar-refractivity contribution in [2.75, 3.05) is 12.4 Å². The Morgan fingerprint density at radius 1 is 1.07 bits per heavy atom. The van der Waals surface area contributed by atoms with Crippen molar-refractivity contribution in [2.45, 2.75) is 31.2 Å². The summed E-state index contributed by atoms with van der Waals surface area (Å²) in [4.78, 5) is 35.8. The fraction of sp³-hybridized carbons (Fsp3) is 0.286. The van der Waals surface area contributed by atoms with Crippen LogP contribution >= 0.6 is 0 Å². The number of amides is 2. The van der Waals surface area contributed by atoms with Crippen LogP contribution in [0.4, 0.5) is 5.69 Å². The van der Waals surface area contributed by atoms with Gasteiger partial charge in [-0.2, -0.15) is 0 Å². The zero-order valence-electron chi connectivity index (χ0n) is 15.7. The highest BCUT2D eigenvalue weighted by Gasteiger charge is 2.52. The topological polar surface area (TPSA) is 105 Å². The van der Waals surface area contributed by atoms with Crippen molar-refractivity contribution in [3.05, 3.63) is 59.7 Å². The monoisotopic (exact) mass is 382 g/mol. The van der Waals surface area contributed by atoms with Crippen molar-refractivity contribution in [1.29, 1.82) is 0 Å². The predicted octanol–water partition coefficient (Wildman–Crippen LogP) is 2.57. The molecule has 0 spiro atoms. The minimum atomic E-state index is -1.11. The average molecular weight is 382 g/mol. The van der Waals surface area contributed by atoms with Gasteiger partial charge in [0.1, 0.15) is 11.8 Å². The number of aliphatic carboxylic acids is 1. The largest absolute Gasteiger partial charge is 0.496 e. The van der Waals surface area contributed by atoms with E-state index in [4.69, 9.17) is 9.84 Å². The lowest BCUT2D eigenvalue weighted by Gasteiger charge is -2.18. The number of carbonyl (C=O) groups excluding carboxylic acids is 2. The molecule has 0 aromatic heterocycles. The SMILES string of the molecule is COc1ccccc1C1(C(=O)Nc2ccc(C(=O)NC(C)C(=O)O)cc2)CC1. The molecule has 2 amide bonds. The van der Waals surface area contributed by atoms with Crippen molar-refractivity contribution in [3.8, 4) is 5.75 Å². The Morgan fingerprint density at radius 3 is 2.29 bits per heavy atom. The molecule has 146 valence electrons. The van der Waals surface area contributed by atoms with Crippen LogP contribution < -0.4 is 15.4 Å². The molecule has 2 aromatic carbocycles. The van der Waals surface area contributed by atoms with Gasteiger partial charge >= 0.3 is 5.97 Å². The average Bonchev–Trinajstić information content (AvgIpc) is 3.50. The molecule has 1 saturated carbocycles. The molecule has 7 heteroatoms. The fourth-order valence-corrected chi connectivity index (χ4v) is 3.08. The second kappa shape index (κ2) is 7.72. The van der Waals surface area contributed by atoms with E-state index in [2.05, 4.69) is 10.6 Å². The summed E-state index contributed by atoms with van der Waals surface area (Å²) in [5.41, 5.74) is 1.15. The summed E-state index contributed by atoms with van der Waals surface area (Å²) in [7, 11) is 1.59. The number of methoxy groups -OCH3 is 1. The fourth-order valence-electron chi connectivity index (χ4n) is 3.08. The number of ether oxygens (including phenoxy) is 1. The highest BCUT2D eigenvalue weighted by molar-refractivity contribution is 6.02. The van der Waals surface area contributed by atoms with E-state index in [1.807, 2.05) is 24.3 Å². The molecule has 0 aliphatic heterocycles. The number of para-hydroxylation sites is 1. The lowest BCUT2D eigenvalue weighted by atomic mass is 9.94. The molecule has 2 aromatic rings. The van der Waals surface area contributed by atoms with E-state index in [1.165, 1.54) is 6.92 Å². The number of carboxylic acids is 1. The third-order valence-electron chi connectivity index (χ3n) is 4.93. The van der Waals surface area contributed by atoms with Gasteiger partial charge in [-0.1, -0.05) is 18.2 Å². The van der Waals surface area contributed by atoms with Crippen LogP contribution in [0.25, 0.3) is 0 Å². The zero-order valence-corrected chi connectivity index (χ0v) is 15.7. The minimum absolute atomic E-state index is 0.117. The molecule has 1 unspecified atom stereocenters. The molecule has 1 aliphatic rings. The van der Waals surface area contributed by atoms with Crippen LogP contribution in [0.1, 0.15) is 35.7 Å². The molecular formula is C21H22N2O5. The Labute approximate surface area is 162 Å². The second-order valence-corrected chi connectivity index (χ2v) is 6.85. The zero-order chi connectivity index (χ0) is 20.3. The van der Waals surface area contributed by atoms with Gasteiger partial charge in [0.05, 0.1) is 12.5 Å². The Kier molecular flexibility index (Phi) is 5.35. The standard InChI is InChI=1S/C21H22N2O5/c1-13(19(25)26)22-18(24)14-7-9-15(10-8-14)23-20(27)21(11-12-21)16-5-3-4-6-17(16)28-2/h3-10,13H,11-12H2,1-2H3,(H,22,24)(H,23,27)(H,25,26). The number of hydrogen-bond donors (Lipinski definition) is 3. The molecule has 3 N–H and O–H groups in total. The maximum absolute atomic E-state index is 12.9. The number of nitrogens with one attached hydrogen (secondary N) is 2.